The molecule has 1 unspecified atom stereocenters. The average Bonchev–Trinajstić information content (AvgIpc) is 3.39. The van der Waals surface area contributed by atoms with Crippen LogP contribution in [0, 0.1) is 0 Å². The van der Waals surface area contributed by atoms with Crippen LogP contribution in [0.5, 0.6) is 11.5 Å². The minimum Gasteiger partial charge on any atom is -0.490 e. The van der Waals surface area contributed by atoms with Crippen molar-refractivity contribution in [3.8, 4) is 11.5 Å². The van der Waals surface area contributed by atoms with Gasteiger partial charge in [-0.3, -0.25) is 4.79 Å². The highest BCUT2D eigenvalue weighted by atomic mass is 16.5. The van der Waals surface area contributed by atoms with Crippen molar-refractivity contribution in [3.63, 3.8) is 0 Å². The summed E-state index contributed by atoms with van der Waals surface area (Å²) in [5, 5.41) is 3.59. The van der Waals surface area contributed by atoms with E-state index in [4.69, 9.17) is 13.9 Å². The van der Waals surface area contributed by atoms with Crippen LogP contribution >= 0.6 is 0 Å². The summed E-state index contributed by atoms with van der Waals surface area (Å²) in [6.45, 7) is 3.08. The van der Waals surface area contributed by atoms with Crippen molar-refractivity contribution in [2.75, 3.05) is 18.5 Å². The van der Waals surface area contributed by atoms with E-state index in [1.54, 1.807) is 11.2 Å². The summed E-state index contributed by atoms with van der Waals surface area (Å²) in [6.07, 6.45) is 1.62. The lowest BCUT2D eigenvalue weighted by atomic mass is 9.92. The Morgan fingerprint density at radius 1 is 0.853 bits per heavy atom. The number of para-hydroxylation sites is 3. The van der Waals surface area contributed by atoms with E-state index in [-0.39, 0.29) is 5.91 Å². The molecule has 6 heteroatoms. The van der Waals surface area contributed by atoms with Crippen LogP contribution in [-0.4, -0.2) is 24.0 Å². The fourth-order valence-electron chi connectivity index (χ4n) is 4.28. The Morgan fingerprint density at radius 3 is 2.41 bits per heavy atom. The van der Waals surface area contributed by atoms with Gasteiger partial charge in [-0.2, -0.15) is 0 Å². The van der Waals surface area contributed by atoms with E-state index in [0.29, 0.717) is 36.8 Å². The van der Waals surface area contributed by atoms with Crippen molar-refractivity contribution < 1.29 is 18.7 Å². The lowest BCUT2D eigenvalue weighted by Gasteiger charge is -2.46. The standard InChI is InChI=1S/C28H26N2O4/c1-28(24-14-6-8-16-26(24)34-19-18-33-21-10-3-2-4-11-21)29-25-15-7-5-13-23(25)27(31)30(28)20-22-12-9-17-32-22/h2-17,29H,18-20H2,1H3. The van der Waals surface area contributed by atoms with Crippen LogP contribution in [0.3, 0.4) is 0 Å². The highest BCUT2D eigenvalue weighted by Crippen LogP contribution is 2.42. The molecule has 5 rings (SSSR count). The maximum absolute atomic E-state index is 13.6. The molecule has 172 valence electrons. The Kier molecular flexibility index (Phi) is 5.95. The van der Waals surface area contributed by atoms with Gasteiger partial charge in [-0.25, -0.2) is 0 Å². The Labute approximate surface area is 198 Å². The van der Waals surface area contributed by atoms with Gasteiger partial charge in [0.1, 0.15) is 36.1 Å². The molecule has 34 heavy (non-hydrogen) atoms. The molecule has 0 fully saturated rings. The minimum atomic E-state index is -0.866. The van der Waals surface area contributed by atoms with Crippen LogP contribution in [-0.2, 0) is 12.2 Å². The largest absolute Gasteiger partial charge is 0.490 e. The van der Waals surface area contributed by atoms with Gasteiger partial charge in [0.05, 0.1) is 18.4 Å². The third-order valence-corrected chi connectivity index (χ3v) is 5.98. The van der Waals surface area contributed by atoms with E-state index < -0.39 is 5.66 Å². The summed E-state index contributed by atoms with van der Waals surface area (Å²) in [4.78, 5) is 15.4. The predicted molar refractivity (Wildman–Crippen MR) is 130 cm³/mol. The van der Waals surface area contributed by atoms with Gasteiger partial charge in [0, 0.05) is 11.3 Å². The highest BCUT2D eigenvalue weighted by Gasteiger charge is 2.44. The number of rotatable bonds is 8. The summed E-state index contributed by atoms with van der Waals surface area (Å²) < 4.78 is 17.5. The lowest BCUT2D eigenvalue weighted by molar-refractivity contribution is 0.0479. The number of amides is 1. The smallest absolute Gasteiger partial charge is 0.258 e. The van der Waals surface area contributed by atoms with E-state index in [2.05, 4.69) is 5.32 Å². The van der Waals surface area contributed by atoms with Crippen LogP contribution in [0.15, 0.2) is 102 Å². The molecule has 0 bridgehead atoms. The van der Waals surface area contributed by atoms with Crippen molar-refractivity contribution in [1.82, 2.24) is 4.90 Å². The second kappa shape index (κ2) is 9.35. The molecular formula is C28H26N2O4. The number of furan rings is 1. The molecule has 2 heterocycles. The summed E-state index contributed by atoms with van der Waals surface area (Å²) in [5.74, 6) is 2.11. The van der Waals surface area contributed by atoms with Crippen LogP contribution in [0.2, 0.25) is 0 Å². The van der Waals surface area contributed by atoms with Crippen molar-refractivity contribution in [1.29, 1.82) is 0 Å². The average molecular weight is 455 g/mol. The van der Waals surface area contributed by atoms with Crippen LogP contribution in [0.4, 0.5) is 5.69 Å². The van der Waals surface area contributed by atoms with Gasteiger partial charge in [0.25, 0.3) is 5.91 Å². The van der Waals surface area contributed by atoms with Gasteiger partial charge >= 0.3 is 0 Å². The fraction of sp³-hybridized carbons (Fsp3) is 0.179. The van der Waals surface area contributed by atoms with Crippen molar-refractivity contribution in [2.24, 2.45) is 0 Å². The molecule has 1 aliphatic heterocycles. The van der Waals surface area contributed by atoms with E-state index >= 15 is 0 Å². The fourth-order valence-corrected chi connectivity index (χ4v) is 4.28. The number of nitrogens with one attached hydrogen (secondary N) is 1. The minimum absolute atomic E-state index is 0.0736. The molecular weight excluding hydrogens is 428 g/mol. The van der Waals surface area contributed by atoms with Crippen LogP contribution < -0.4 is 14.8 Å². The number of benzene rings is 3. The topological polar surface area (TPSA) is 63.9 Å². The Bertz CT molecular complexity index is 1260. The van der Waals surface area contributed by atoms with Gasteiger partial charge in [-0.15, -0.1) is 0 Å². The zero-order valence-corrected chi connectivity index (χ0v) is 18.9. The molecule has 0 aliphatic carbocycles. The number of nitrogens with zero attached hydrogens (tertiary/aromatic N) is 1. The number of hydrogen-bond acceptors (Lipinski definition) is 5. The number of fused-ring (bicyclic) bond motifs is 1. The van der Waals surface area contributed by atoms with Crippen LogP contribution in [0.25, 0.3) is 0 Å². The van der Waals surface area contributed by atoms with Crippen LogP contribution in [0.1, 0.15) is 28.6 Å². The molecule has 1 atom stereocenters. The van der Waals surface area contributed by atoms with Gasteiger partial charge in [-0.05, 0) is 49.4 Å². The zero-order valence-electron chi connectivity index (χ0n) is 18.9. The van der Waals surface area contributed by atoms with Gasteiger partial charge in [0.15, 0.2) is 0 Å². The molecule has 1 aliphatic rings. The quantitative estimate of drug-likeness (QED) is 0.347. The number of carbonyl (C=O) groups excluding carboxylic acids is 1. The summed E-state index contributed by atoms with van der Waals surface area (Å²) in [7, 11) is 0. The first-order valence-corrected chi connectivity index (χ1v) is 11.3. The SMILES string of the molecule is CC1(c2ccccc2OCCOc2ccccc2)Nc2ccccc2C(=O)N1Cc1ccco1. The lowest BCUT2D eigenvalue weighted by Crippen LogP contribution is -2.55. The first-order chi connectivity index (χ1) is 16.6. The zero-order chi connectivity index (χ0) is 23.4. The molecule has 1 amide bonds. The van der Waals surface area contributed by atoms with E-state index in [1.165, 1.54) is 0 Å². The Hall–Kier alpha value is -4.19. The third kappa shape index (κ3) is 4.22. The molecule has 3 aromatic carbocycles. The molecule has 1 aromatic heterocycles. The second-order valence-electron chi connectivity index (χ2n) is 8.22. The Balaban J connectivity index is 1.43. The highest BCUT2D eigenvalue weighted by molar-refractivity contribution is 6.02. The predicted octanol–water partition coefficient (Wildman–Crippen LogP) is 5.68. The summed E-state index contributed by atoms with van der Waals surface area (Å²) in [5.41, 5.74) is 1.40. The normalized spacial score (nSPS) is 17.1. The second-order valence-corrected chi connectivity index (χ2v) is 8.22. The monoisotopic (exact) mass is 454 g/mol. The first-order valence-electron chi connectivity index (χ1n) is 11.3. The molecule has 1 N–H and O–H groups in total. The van der Waals surface area contributed by atoms with E-state index in [1.807, 2.05) is 97.9 Å². The summed E-state index contributed by atoms with van der Waals surface area (Å²) >= 11 is 0. The molecule has 6 nitrogen and oxygen atoms in total. The van der Waals surface area contributed by atoms with Gasteiger partial charge < -0.3 is 24.1 Å². The number of ether oxygens (including phenoxy) is 2. The summed E-state index contributed by atoms with van der Waals surface area (Å²) in [6, 6.07) is 28.7. The Morgan fingerprint density at radius 2 is 1.59 bits per heavy atom. The molecule has 0 spiro atoms. The number of carbonyl (C=O) groups is 1. The van der Waals surface area contributed by atoms with E-state index in [0.717, 1.165) is 17.0 Å². The molecule has 0 saturated carbocycles. The first kappa shape index (κ1) is 21.6. The number of anilines is 1. The number of hydrogen-bond donors (Lipinski definition) is 1. The van der Waals surface area contributed by atoms with Gasteiger partial charge in [-0.1, -0.05) is 48.5 Å². The molecule has 4 aromatic rings. The molecule has 0 saturated heterocycles. The van der Waals surface area contributed by atoms with Crippen molar-refractivity contribution in [3.05, 3.63) is 114 Å². The van der Waals surface area contributed by atoms with Gasteiger partial charge in [0.2, 0.25) is 0 Å². The van der Waals surface area contributed by atoms with Crippen molar-refractivity contribution in [2.45, 2.75) is 19.1 Å². The third-order valence-electron chi connectivity index (χ3n) is 5.98. The maximum Gasteiger partial charge on any atom is 0.258 e. The van der Waals surface area contributed by atoms with E-state index in [9.17, 15) is 4.79 Å². The maximum atomic E-state index is 13.6. The van der Waals surface area contributed by atoms with Crippen molar-refractivity contribution >= 4 is 11.6 Å². The molecule has 0 radical (unpaired) electrons.